The third-order valence-corrected chi connectivity index (χ3v) is 8.16. The van der Waals surface area contributed by atoms with Gasteiger partial charge in [-0.3, -0.25) is 0 Å². The van der Waals surface area contributed by atoms with Crippen molar-refractivity contribution in [3.8, 4) is 11.1 Å². The van der Waals surface area contributed by atoms with Crippen molar-refractivity contribution in [2.45, 2.75) is 44.3 Å². The Kier molecular flexibility index (Phi) is 4.80. The molecule has 1 spiro atoms. The number of nitrogens with one attached hydrogen (secondary N) is 1. The minimum absolute atomic E-state index is 0.398. The van der Waals surface area contributed by atoms with E-state index in [2.05, 4.69) is 96.3 Å². The zero-order chi connectivity index (χ0) is 24.4. The zero-order valence-corrected chi connectivity index (χ0v) is 20.7. The van der Waals surface area contributed by atoms with Gasteiger partial charge in [-0.15, -0.1) is 0 Å². The van der Waals surface area contributed by atoms with E-state index in [1.165, 1.54) is 33.4 Å². The van der Waals surface area contributed by atoms with E-state index in [0.717, 1.165) is 16.8 Å². The van der Waals surface area contributed by atoms with E-state index in [4.69, 9.17) is 4.65 Å². The largest absolute Gasteiger partial charge is 0.427 e. The molecule has 0 saturated carbocycles. The lowest BCUT2D eigenvalue weighted by molar-refractivity contribution is -0.0893. The minimum Gasteiger partial charge on any atom is -0.427 e. The molecule has 4 aromatic carbocycles. The van der Waals surface area contributed by atoms with Crippen LogP contribution < -0.4 is 10.8 Å². The van der Waals surface area contributed by atoms with Gasteiger partial charge >= 0.3 is 7.48 Å². The highest BCUT2D eigenvalue weighted by molar-refractivity contribution is 6.50. The smallest absolute Gasteiger partial charge is 0.311 e. The van der Waals surface area contributed by atoms with Gasteiger partial charge in [-0.05, 0) is 72.6 Å². The first-order chi connectivity index (χ1) is 16.7. The van der Waals surface area contributed by atoms with Crippen LogP contribution in [0.1, 0.15) is 49.9 Å². The minimum atomic E-state index is -0.966. The fourth-order valence-corrected chi connectivity index (χ4v) is 5.63. The lowest BCUT2D eigenvalue weighted by atomic mass is 9.63. The molecule has 6 rings (SSSR count). The average molecular weight is 459 g/mol. The maximum atomic E-state index is 10.6. The average Bonchev–Trinajstić information content (AvgIpc) is 3.14. The second kappa shape index (κ2) is 7.58. The summed E-state index contributed by atoms with van der Waals surface area (Å²) in [5.41, 5.74) is 8.89. The second-order valence-electron chi connectivity index (χ2n) is 10.7. The summed E-state index contributed by atoms with van der Waals surface area (Å²) >= 11 is 0. The summed E-state index contributed by atoms with van der Waals surface area (Å²) < 4.78 is 6.33. The summed E-state index contributed by atoms with van der Waals surface area (Å²) in [7, 11) is 0.398. The summed E-state index contributed by atoms with van der Waals surface area (Å²) in [6.45, 7) is 7.47. The molecule has 2 N–H and O–H groups in total. The number of anilines is 2. The van der Waals surface area contributed by atoms with E-state index in [9.17, 15) is 5.11 Å². The number of hydrogen-bond donors (Lipinski definition) is 2. The first kappa shape index (κ1) is 22.1. The molecule has 4 aromatic rings. The summed E-state index contributed by atoms with van der Waals surface area (Å²) in [4.78, 5) is 0. The summed E-state index contributed by atoms with van der Waals surface area (Å²) in [5.74, 6) is 0. The van der Waals surface area contributed by atoms with Crippen LogP contribution in [0.2, 0.25) is 0 Å². The van der Waals surface area contributed by atoms with Gasteiger partial charge in [0.05, 0.1) is 16.6 Å². The summed E-state index contributed by atoms with van der Waals surface area (Å²) in [6, 6.07) is 32.8. The molecule has 4 heteroatoms. The van der Waals surface area contributed by atoms with Gasteiger partial charge < -0.3 is 15.1 Å². The van der Waals surface area contributed by atoms with Crippen molar-refractivity contribution in [2.24, 2.45) is 0 Å². The van der Waals surface area contributed by atoms with Crippen LogP contribution in [0, 0.1) is 0 Å². The molecule has 1 aliphatic heterocycles. The Labute approximate surface area is 208 Å². The fourth-order valence-electron chi connectivity index (χ4n) is 5.63. The summed E-state index contributed by atoms with van der Waals surface area (Å²) in [5, 5.41) is 14.4. The molecule has 35 heavy (non-hydrogen) atoms. The molecule has 0 fully saturated rings. The number of rotatable bonds is 4. The number of para-hydroxylation sites is 2. The van der Waals surface area contributed by atoms with E-state index < -0.39 is 16.6 Å². The quantitative estimate of drug-likeness (QED) is 0.335. The molecule has 2 aliphatic rings. The summed E-state index contributed by atoms with van der Waals surface area (Å²) in [6.07, 6.45) is 0. The number of benzene rings is 4. The molecule has 1 aliphatic carbocycles. The number of aliphatic hydroxyl groups is 1. The lowest BCUT2D eigenvalue weighted by Gasteiger charge is -2.41. The SMILES string of the molecule is CC(C)(O)C(C)(C)OBc1cccc2c1Nc1ccccc1C21c2ccccc2-c2ccccc21. The van der Waals surface area contributed by atoms with Gasteiger partial charge in [0.25, 0.3) is 0 Å². The third kappa shape index (κ3) is 3.07. The van der Waals surface area contributed by atoms with Gasteiger partial charge in [0.15, 0.2) is 0 Å². The Balaban J connectivity index is 1.61. The van der Waals surface area contributed by atoms with Gasteiger partial charge in [-0.25, -0.2) is 0 Å². The molecule has 3 nitrogen and oxygen atoms in total. The van der Waals surface area contributed by atoms with Crippen molar-refractivity contribution in [1.82, 2.24) is 0 Å². The van der Waals surface area contributed by atoms with Crippen LogP contribution in [0.15, 0.2) is 91.0 Å². The van der Waals surface area contributed by atoms with Gasteiger partial charge in [-0.1, -0.05) is 84.9 Å². The van der Waals surface area contributed by atoms with Crippen LogP contribution in [0.25, 0.3) is 11.1 Å². The van der Waals surface area contributed by atoms with Crippen LogP contribution in [-0.2, 0) is 10.1 Å². The Morgan fingerprint density at radius 2 is 1.23 bits per heavy atom. The predicted octanol–water partition coefficient (Wildman–Crippen LogP) is 5.65. The zero-order valence-electron chi connectivity index (χ0n) is 20.7. The first-order valence-electron chi connectivity index (χ1n) is 12.3. The molecule has 0 aromatic heterocycles. The first-order valence-corrected chi connectivity index (χ1v) is 12.3. The Morgan fingerprint density at radius 1 is 0.686 bits per heavy atom. The molecule has 174 valence electrons. The molecule has 1 heterocycles. The third-order valence-electron chi connectivity index (χ3n) is 8.16. The Bertz CT molecular complexity index is 1410. The second-order valence-corrected chi connectivity index (χ2v) is 10.7. The number of hydrogen-bond acceptors (Lipinski definition) is 3. The van der Waals surface area contributed by atoms with Gasteiger partial charge in [0.2, 0.25) is 0 Å². The topological polar surface area (TPSA) is 41.5 Å². The van der Waals surface area contributed by atoms with Gasteiger partial charge in [-0.2, -0.15) is 0 Å². The van der Waals surface area contributed by atoms with Crippen LogP contribution in [-0.4, -0.2) is 23.8 Å². The van der Waals surface area contributed by atoms with Crippen molar-refractivity contribution in [2.75, 3.05) is 5.32 Å². The van der Waals surface area contributed by atoms with E-state index in [1.807, 2.05) is 13.8 Å². The molecular formula is C31H30BNO2. The molecule has 0 amide bonds. The van der Waals surface area contributed by atoms with Crippen LogP contribution in [0.4, 0.5) is 11.4 Å². The van der Waals surface area contributed by atoms with E-state index in [1.54, 1.807) is 13.8 Å². The molecular weight excluding hydrogens is 429 g/mol. The van der Waals surface area contributed by atoms with E-state index in [-0.39, 0.29) is 0 Å². The van der Waals surface area contributed by atoms with Crippen molar-refractivity contribution in [1.29, 1.82) is 0 Å². The molecule has 0 bridgehead atoms. The maximum Gasteiger partial charge on any atom is 0.311 e. The van der Waals surface area contributed by atoms with Crippen LogP contribution in [0.3, 0.4) is 0 Å². The van der Waals surface area contributed by atoms with Crippen molar-refractivity contribution in [3.63, 3.8) is 0 Å². The Morgan fingerprint density at radius 3 is 1.86 bits per heavy atom. The molecule has 0 saturated heterocycles. The normalized spacial score (nSPS) is 15.0. The highest BCUT2D eigenvalue weighted by Crippen LogP contribution is 2.60. The molecule has 0 unspecified atom stereocenters. The van der Waals surface area contributed by atoms with E-state index in [0.29, 0.717) is 7.48 Å². The lowest BCUT2D eigenvalue weighted by Crippen LogP contribution is -2.49. The number of fused-ring (bicyclic) bond motifs is 9. The van der Waals surface area contributed by atoms with Crippen molar-refractivity contribution < 1.29 is 9.76 Å². The van der Waals surface area contributed by atoms with Crippen molar-refractivity contribution in [3.05, 3.63) is 113 Å². The van der Waals surface area contributed by atoms with Crippen molar-refractivity contribution >= 4 is 24.3 Å². The maximum absolute atomic E-state index is 10.6. The predicted molar refractivity (Wildman–Crippen MR) is 145 cm³/mol. The Hall–Kier alpha value is -3.34. The van der Waals surface area contributed by atoms with Crippen LogP contribution in [0.5, 0.6) is 0 Å². The molecule has 0 radical (unpaired) electrons. The highest BCUT2D eigenvalue weighted by Gasteiger charge is 2.50. The standard InChI is InChI=1S/C31H30BNO2/c1-29(2,34)30(3,4)35-32-26-18-11-17-25-28(26)33-27-19-10-9-16-24(27)31(25)22-14-7-5-12-20(22)21-13-6-8-15-23(21)31/h5-19,32-34H,1-4H3. The molecule has 0 atom stereocenters. The monoisotopic (exact) mass is 459 g/mol. The van der Waals surface area contributed by atoms with E-state index >= 15 is 0 Å². The highest BCUT2D eigenvalue weighted by atomic mass is 16.5. The van der Waals surface area contributed by atoms with Gasteiger partial charge in [0.1, 0.15) is 0 Å². The van der Waals surface area contributed by atoms with Gasteiger partial charge in [0, 0.05) is 11.4 Å². The fraction of sp³-hybridized carbons (Fsp3) is 0.226. The van der Waals surface area contributed by atoms with Crippen LogP contribution >= 0.6 is 0 Å².